The largest absolute Gasteiger partial charge is 0.350 e. The number of piperidine rings is 2. The van der Waals surface area contributed by atoms with E-state index in [9.17, 15) is 14.4 Å². The molecular formula is C22H27N7O3. The topological polar surface area (TPSA) is 121 Å². The average molecular weight is 438 g/mol. The summed E-state index contributed by atoms with van der Waals surface area (Å²) in [7, 11) is 1.88. The van der Waals surface area contributed by atoms with Crippen molar-refractivity contribution in [2.24, 2.45) is 7.05 Å². The van der Waals surface area contributed by atoms with Crippen LogP contribution in [0.25, 0.3) is 0 Å². The van der Waals surface area contributed by atoms with Crippen molar-refractivity contribution in [3.63, 3.8) is 0 Å². The van der Waals surface area contributed by atoms with E-state index in [0.717, 1.165) is 42.9 Å². The van der Waals surface area contributed by atoms with E-state index in [2.05, 4.69) is 26.0 Å². The molecule has 3 aliphatic heterocycles. The molecule has 0 radical (unpaired) electrons. The molecule has 2 fully saturated rings. The number of carbonyl (C=O) groups is 3. The number of nitrogens with zero attached hydrogens (tertiary/aromatic N) is 4. The monoisotopic (exact) mass is 437 g/mol. The van der Waals surface area contributed by atoms with Crippen LogP contribution in [0, 0.1) is 0 Å². The summed E-state index contributed by atoms with van der Waals surface area (Å²) >= 11 is 0. The van der Waals surface area contributed by atoms with Gasteiger partial charge >= 0.3 is 0 Å². The van der Waals surface area contributed by atoms with E-state index >= 15 is 0 Å². The fourth-order valence-electron chi connectivity index (χ4n) is 4.70. The van der Waals surface area contributed by atoms with Gasteiger partial charge in [-0.05, 0) is 49.5 Å². The highest BCUT2D eigenvalue weighted by Crippen LogP contribution is 2.28. The molecule has 1 atom stereocenters. The fraction of sp³-hybridized carbons (Fsp3) is 0.500. The summed E-state index contributed by atoms with van der Waals surface area (Å²) in [6, 6.07) is 5.20. The second kappa shape index (κ2) is 8.34. The summed E-state index contributed by atoms with van der Waals surface area (Å²) in [6.45, 7) is 2.88. The lowest BCUT2D eigenvalue weighted by atomic mass is 9.98. The van der Waals surface area contributed by atoms with Crippen LogP contribution in [0.4, 0.5) is 5.95 Å². The standard InChI is InChI=1S/C22H27N7O3/c1-28-22(26-19(27-28)14-6-8-23-9-7-14)24-11-13-2-3-15-12-29(21(32)16(15)10-13)17-4-5-18(30)25-20(17)31/h2-3,10,14,17,23H,4-9,11-12H2,1H3,(H,24,26,27)(H,25,30,31). The predicted octanol–water partition coefficient (Wildman–Crippen LogP) is 0.655. The minimum Gasteiger partial charge on any atom is -0.350 e. The normalized spacial score (nSPS) is 21.6. The summed E-state index contributed by atoms with van der Waals surface area (Å²) in [6.07, 6.45) is 2.70. The molecule has 2 saturated heterocycles. The lowest BCUT2D eigenvalue weighted by Gasteiger charge is -2.29. The zero-order valence-corrected chi connectivity index (χ0v) is 18.1. The number of rotatable bonds is 5. The second-order valence-electron chi connectivity index (χ2n) is 8.69. The first kappa shape index (κ1) is 20.6. The van der Waals surface area contributed by atoms with Crippen molar-refractivity contribution >= 4 is 23.7 Å². The number of anilines is 1. The average Bonchev–Trinajstić information content (AvgIpc) is 3.32. The molecule has 0 bridgehead atoms. The van der Waals surface area contributed by atoms with E-state index in [1.165, 1.54) is 0 Å². The summed E-state index contributed by atoms with van der Waals surface area (Å²) in [5.41, 5.74) is 2.46. The maximum absolute atomic E-state index is 13.0. The molecular weight excluding hydrogens is 410 g/mol. The van der Waals surface area contributed by atoms with Gasteiger partial charge in [0.15, 0.2) is 5.82 Å². The third-order valence-electron chi connectivity index (χ3n) is 6.53. The van der Waals surface area contributed by atoms with Crippen molar-refractivity contribution < 1.29 is 14.4 Å². The van der Waals surface area contributed by atoms with Gasteiger partial charge in [0.1, 0.15) is 6.04 Å². The molecule has 0 spiro atoms. The summed E-state index contributed by atoms with van der Waals surface area (Å²) < 4.78 is 1.76. The molecule has 3 aliphatic rings. The van der Waals surface area contributed by atoms with Crippen molar-refractivity contribution in [3.8, 4) is 0 Å². The lowest BCUT2D eigenvalue weighted by Crippen LogP contribution is -2.52. The van der Waals surface area contributed by atoms with Crippen LogP contribution in [0.2, 0.25) is 0 Å². The summed E-state index contributed by atoms with van der Waals surface area (Å²) in [5.74, 6) is 1.13. The molecule has 0 saturated carbocycles. The zero-order valence-electron chi connectivity index (χ0n) is 18.1. The predicted molar refractivity (Wildman–Crippen MR) is 116 cm³/mol. The molecule has 1 aromatic carbocycles. The Morgan fingerprint density at radius 3 is 2.75 bits per heavy atom. The number of aryl methyl sites for hydroxylation is 1. The van der Waals surface area contributed by atoms with Gasteiger partial charge in [-0.2, -0.15) is 10.1 Å². The highest BCUT2D eigenvalue weighted by Gasteiger charge is 2.39. The van der Waals surface area contributed by atoms with Gasteiger partial charge in [-0.1, -0.05) is 12.1 Å². The highest BCUT2D eigenvalue weighted by atomic mass is 16.2. The molecule has 0 aliphatic carbocycles. The van der Waals surface area contributed by atoms with E-state index in [1.54, 1.807) is 9.58 Å². The Labute approximate surface area is 185 Å². The van der Waals surface area contributed by atoms with E-state index in [4.69, 9.17) is 0 Å². The van der Waals surface area contributed by atoms with E-state index < -0.39 is 11.9 Å². The Morgan fingerprint density at radius 2 is 1.97 bits per heavy atom. The van der Waals surface area contributed by atoms with Crippen molar-refractivity contribution in [1.82, 2.24) is 30.3 Å². The van der Waals surface area contributed by atoms with Crippen molar-refractivity contribution in [3.05, 3.63) is 40.7 Å². The van der Waals surface area contributed by atoms with E-state index in [0.29, 0.717) is 36.9 Å². The molecule has 5 rings (SSSR count). The molecule has 10 heteroatoms. The number of carbonyl (C=O) groups excluding carboxylic acids is 3. The number of aromatic nitrogens is 3. The Morgan fingerprint density at radius 1 is 1.16 bits per heavy atom. The summed E-state index contributed by atoms with van der Waals surface area (Å²) in [4.78, 5) is 42.9. The van der Waals surface area contributed by atoms with Gasteiger partial charge < -0.3 is 15.5 Å². The fourth-order valence-corrected chi connectivity index (χ4v) is 4.70. The number of hydrogen-bond donors (Lipinski definition) is 3. The SMILES string of the molecule is Cn1nc(C2CCNCC2)nc1NCc1ccc2c(c1)C(=O)N(C1CCC(=O)NC1=O)C2. The molecule has 1 unspecified atom stereocenters. The van der Waals surface area contributed by atoms with Gasteiger partial charge in [0.05, 0.1) is 0 Å². The van der Waals surface area contributed by atoms with Crippen molar-refractivity contribution in [2.45, 2.75) is 50.7 Å². The first-order chi connectivity index (χ1) is 15.5. The van der Waals surface area contributed by atoms with Crippen LogP contribution in [0.3, 0.4) is 0 Å². The van der Waals surface area contributed by atoms with Gasteiger partial charge in [-0.3, -0.25) is 19.7 Å². The van der Waals surface area contributed by atoms with Gasteiger partial charge in [0.2, 0.25) is 17.8 Å². The van der Waals surface area contributed by atoms with Gasteiger partial charge in [0, 0.05) is 38.0 Å². The first-order valence-corrected chi connectivity index (χ1v) is 11.1. The molecule has 3 N–H and O–H groups in total. The molecule has 32 heavy (non-hydrogen) atoms. The number of benzene rings is 1. The van der Waals surface area contributed by atoms with Crippen LogP contribution < -0.4 is 16.0 Å². The third-order valence-corrected chi connectivity index (χ3v) is 6.53. The van der Waals surface area contributed by atoms with Crippen LogP contribution in [0.5, 0.6) is 0 Å². The lowest BCUT2D eigenvalue weighted by molar-refractivity contribution is -0.136. The van der Waals surface area contributed by atoms with Crippen LogP contribution in [0.15, 0.2) is 18.2 Å². The van der Waals surface area contributed by atoms with Crippen LogP contribution in [0.1, 0.15) is 58.9 Å². The van der Waals surface area contributed by atoms with Crippen molar-refractivity contribution in [1.29, 1.82) is 0 Å². The number of imide groups is 1. The van der Waals surface area contributed by atoms with E-state index in [-0.39, 0.29) is 18.2 Å². The molecule has 2 aromatic rings. The maximum atomic E-state index is 13.0. The Bertz CT molecular complexity index is 1070. The summed E-state index contributed by atoms with van der Waals surface area (Å²) in [5, 5.41) is 13.6. The smallest absolute Gasteiger partial charge is 0.255 e. The number of amides is 3. The van der Waals surface area contributed by atoms with Crippen LogP contribution in [-0.4, -0.2) is 56.5 Å². The Balaban J connectivity index is 1.26. The number of fused-ring (bicyclic) bond motifs is 1. The molecule has 3 amide bonds. The third kappa shape index (κ3) is 3.86. The van der Waals surface area contributed by atoms with Crippen LogP contribution >= 0.6 is 0 Å². The second-order valence-corrected chi connectivity index (χ2v) is 8.69. The van der Waals surface area contributed by atoms with Gasteiger partial charge in [-0.15, -0.1) is 0 Å². The zero-order chi connectivity index (χ0) is 22.2. The van der Waals surface area contributed by atoms with Gasteiger partial charge in [0.25, 0.3) is 5.91 Å². The minimum atomic E-state index is -0.596. The molecule has 4 heterocycles. The Kier molecular flexibility index (Phi) is 5.38. The quantitative estimate of drug-likeness (QED) is 0.588. The molecule has 168 valence electrons. The number of hydrogen-bond acceptors (Lipinski definition) is 7. The first-order valence-electron chi connectivity index (χ1n) is 11.1. The molecule has 10 nitrogen and oxygen atoms in total. The Hall–Kier alpha value is -3.27. The van der Waals surface area contributed by atoms with E-state index in [1.807, 2.05) is 25.2 Å². The molecule has 1 aromatic heterocycles. The van der Waals surface area contributed by atoms with Gasteiger partial charge in [-0.25, -0.2) is 4.68 Å². The maximum Gasteiger partial charge on any atom is 0.255 e. The highest BCUT2D eigenvalue weighted by molar-refractivity contribution is 6.05. The van der Waals surface area contributed by atoms with Crippen LogP contribution in [-0.2, 0) is 29.7 Å². The van der Waals surface area contributed by atoms with Crippen molar-refractivity contribution in [2.75, 3.05) is 18.4 Å². The number of nitrogens with one attached hydrogen (secondary N) is 3. The minimum absolute atomic E-state index is 0.164.